The highest BCUT2D eigenvalue weighted by atomic mass is 19.1. The average Bonchev–Trinajstić information content (AvgIpc) is 2.96. The Bertz CT molecular complexity index is 1530. The minimum atomic E-state index is -0.597. The van der Waals surface area contributed by atoms with E-state index in [4.69, 9.17) is 24.8 Å². The number of hydrogen-bond acceptors (Lipinski definition) is 10. The molecule has 2 aliphatic heterocycles. The first-order valence-electron chi connectivity index (χ1n) is 14.0. The fourth-order valence-electron chi connectivity index (χ4n) is 5.08. The van der Waals surface area contributed by atoms with Crippen LogP contribution in [0, 0.1) is 12.7 Å². The maximum Gasteiger partial charge on any atom is 0.410 e. The molecule has 2 aromatic heterocycles. The summed E-state index contributed by atoms with van der Waals surface area (Å²) >= 11 is 0. The molecular weight excluding hydrogens is 557 g/mol. The third-order valence-electron chi connectivity index (χ3n) is 6.93. The van der Waals surface area contributed by atoms with Crippen molar-refractivity contribution < 1.29 is 28.2 Å². The zero-order chi connectivity index (χ0) is 30.7. The zero-order valence-corrected chi connectivity index (χ0v) is 24.9. The highest BCUT2D eigenvalue weighted by Crippen LogP contribution is 2.34. The van der Waals surface area contributed by atoms with Gasteiger partial charge in [-0.2, -0.15) is 0 Å². The molecule has 13 heteroatoms. The first kappa shape index (κ1) is 30.0. The smallest absolute Gasteiger partial charge is 0.410 e. The second-order valence-corrected chi connectivity index (χ2v) is 11.3. The number of nitrogens with zero attached hydrogens (tertiary/aromatic N) is 5. The number of carbonyl (C=O) groups excluding carboxylic acids is 1. The standard InChI is InChI=1S/C30H36FN7O5/c1-17-26-24(36-28(32)33-17)14-23(20-10-9-18(31)13-21(20)22-7-6-8-25(34-22)40-5)35-27(26)37-42-16-19-15-38(11-12-41-19)29(39)43-30(2,3)4/h6-10,13,19,23H,11-12,14-16H2,1-5H3,(H,35,37)(H2,32,33,36)/t19?,23-/m1/s1. The van der Waals surface area contributed by atoms with Gasteiger partial charge in [-0.15, -0.1) is 0 Å². The Hall–Kier alpha value is -4.52. The van der Waals surface area contributed by atoms with Gasteiger partial charge in [0.25, 0.3) is 0 Å². The van der Waals surface area contributed by atoms with Crippen molar-refractivity contribution in [1.29, 1.82) is 0 Å². The summed E-state index contributed by atoms with van der Waals surface area (Å²) in [6, 6.07) is 9.51. The van der Waals surface area contributed by atoms with Gasteiger partial charge in [-0.05, 0) is 51.5 Å². The van der Waals surface area contributed by atoms with Gasteiger partial charge in [0.1, 0.15) is 24.1 Å². The lowest BCUT2D eigenvalue weighted by atomic mass is 9.90. The van der Waals surface area contributed by atoms with Crippen LogP contribution in [0.4, 0.5) is 15.1 Å². The number of anilines is 1. The molecular formula is C30H36FN7O5. The summed E-state index contributed by atoms with van der Waals surface area (Å²) < 4.78 is 31.1. The second kappa shape index (κ2) is 12.4. The van der Waals surface area contributed by atoms with E-state index in [1.807, 2.05) is 27.7 Å². The molecule has 1 amide bonds. The van der Waals surface area contributed by atoms with Gasteiger partial charge in [0.15, 0.2) is 5.84 Å². The summed E-state index contributed by atoms with van der Waals surface area (Å²) in [6.07, 6.45) is -0.374. The van der Waals surface area contributed by atoms with Gasteiger partial charge in [0.05, 0.1) is 48.9 Å². The first-order chi connectivity index (χ1) is 20.5. The van der Waals surface area contributed by atoms with Crippen molar-refractivity contribution in [2.45, 2.75) is 51.9 Å². The number of nitrogens with one attached hydrogen (secondary N) is 1. The van der Waals surface area contributed by atoms with E-state index in [0.717, 1.165) is 5.56 Å². The molecule has 3 N–H and O–H groups in total. The Morgan fingerprint density at radius 1 is 1.23 bits per heavy atom. The molecule has 1 fully saturated rings. The third-order valence-corrected chi connectivity index (χ3v) is 6.93. The quantitative estimate of drug-likeness (QED) is 0.405. The van der Waals surface area contributed by atoms with Crippen molar-refractivity contribution in [3.63, 3.8) is 0 Å². The normalized spacial score (nSPS) is 19.4. The summed E-state index contributed by atoms with van der Waals surface area (Å²) in [5, 5.41) is 7.85. The highest BCUT2D eigenvalue weighted by molar-refractivity contribution is 6.01. The Morgan fingerprint density at radius 2 is 2.05 bits per heavy atom. The van der Waals surface area contributed by atoms with Crippen molar-refractivity contribution >= 4 is 17.9 Å². The number of rotatable bonds is 6. The summed E-state index contributed by atoms with van der Waals surface area (Å²) in [7, 11) is 1.53. The van der Waals surface area contributed by atoms with Crippen molar-refractivity contribution in [3.8, 4) is 17.1 Å². The van der Waals surface area contributed by atoms with Gasteiger partial charge in [0.2, 0.25) is 11.8 Å². The molecule has 1 saturated heterocycles. The van der Waals surface area contributed by atoms with Crippen molar-refractivity contribution in [3.05, 3.63) is 64.7 Å². The number of morpholine rings is 1. The van der Waals surface area contributed by atoms with Crippen LogP contribution in [0.2, 0.25) is 0 Å². The van der Waals surface area contributed by atoms with Gasteiger partial charge in [-0.25, -0.2) is 24.1 Å². The SMILES string of the molecule is COc1cccc(-c2cc(F)ccc2[C@H]2Cc3nc(N)nc(C)c3/C(=N/OCC3CN(C(=O)OC(C)(C)C)CCO3)N2)n1. The number of ether oxygens (including phenoxy) is 3. The lowest BCUT2D eigenvalue weighted by Crippen LogP contribution is -2.48. The average molecular weight is 594 g/mol. The van der Waals surface area contributed by atoms with Gasteiger partial charge in [0, 0.05) is 24.6 Å². The number of carbonyl (C=O) groups is 1. The lowest BCUT2D eigenvalue weighted by molar-refractivity contribution is -0.0721. The number of nitrogens with two attached hydrogens (primary N) is 1. The molecule has 0 radical (unpaired) electrons. The van der Waals surface area contributed by atoms with E-state index < -0.39 is 23.6 Å². The summed E-state index contributed by atoms with van der Waals surface area (Å²) in [5.74, 6) is 0.560. The number of pyridine rings is 1. The van der Waals surface area contributed by atoms with Crippen molar-refractivity contribution in [2.24, 2.45) is 5.16 Å². The molecule has 12 nitrogen and oxygen atoms in total. The number of methoxy groups -OCH3 is 1. The number of amidine groups is 1. The summed E-state index contributed by atoms with van der Waals surface area (Å²) in [6.45, 7) is 8.47. The molecule has 1 unspecified atom stereocenters. The molecule has 5 rings (SSSR count). The van der Waals surface area contributed by atoms with Gasteiger partial charge in [-0.3, -0.25) is 0 Å². The lowest BCUT2D eigenvalue weighted by Gasteiger charge is -2.33. The van der Waals surface area contributed by atoms with E-state index in [1.165, 1.54) is 19.2 Å². The van der Waals surface area contributed by atoms with E-state index in [0.29, 0.717) is 66.0 Å². The number of fused-ring (bicyclic) bond motifs is 1. The van der Waals surface area contributed by atoms with Crippen LogP contribution in [0.25, 0.3) is 11.3 Å². The molecule has 2 aliphatic rings. The third kappa shape index (κ3) is 7.11. The predicted molar refractivity (Wildman–Crippen MR) is 157 cm³/mol. The molecule has 4 heterocycles. The van der Waals surface area contributed by atoms with E-state index >= 15 is 0 Å². The molecule has 43 heavy (non-hydrogen) atoms. The Morgan fingerprint density at radius 3 is 2.81 bits per heavy atom. The Kier molecular flexibility index (Phi) is 8.62. The van der Waals surface area contributed by atoms with Crippen molar-refractivity contribution in [1.82, 2.24) is 25.2 Å². The number of aromatic nitrogens is 3. The van der Waals surface area contributed by atoms with Crippen LogP contribution >= 0.6 is 0 Å². The molecule has 2 atom stereocenters. The minimum absolute atomic E-state index is 0.0921. The van der Waals surface area contributed by atoms with Crippen LogP contribution in [-0.2, 0) is 20.7 Å². The maximum atomic E-state index is 14.5. The molecule has 0 spiro atoms. The summed E-state index contributed by atoms with van der Waals surface area (Å²) in [5.41, 5.74) is 9.32. The van der Waals surface area contributed by atoms with E-state index in [2.05, 4.69) is 25.4 Å². The number of amides is 1. The number of aryl methyl sites for hydroxylation is 1. The largest absolute Gasteiger partial charge is 0.481 e. The molecule has 3 aromatic rings. The van der Waals surface area contributed by atoms with Crippen LogP contribution < -0.4 is 15.8 Å². The Labute approximate surface area is 249 Å². The highest BCUT2D eigenvalue weighted by Gasteiger charge is 2.32. The van der Waals surface area contributed by atoms with Crippen LogP contribution in [0.5, 0.6) is 5.88 Å². The Balaban J connectivity index is 1.40. The van der Waals surface area contributed by atoms with Crippen LogP contribution in [0.3, 0.4) is 0 Å². The van der Waals surface area contributed by atoms with Crippen LogP contribution in [-0.4, -0.2) is 76.9 Å². The summed E-state index contributed by atoms with van der Waals surface area (Å²) in [4.78, 5) is 33.3. The zero-order valence-electron chi connectivity index (χ0n) is 24.9. The molecule has 0 bridgehead atoms. The number of halogens is 1. The molecule has 1 aromatic carbocycles. The van der Waals surface area contributed by atoms with E-state index in [-0.39, 0.29) is 18.6 Å². The monoisotopic (exact) mass is 593 g/mol. The topological polar surface area (TPSA) is 146 Å². The van der Waals surface area contributed by atoms with E-state index in [1.54, 1.807) is 29.2 Å². The predicted octanol–water partition coefficient (Wildman–Crippen LogP) is 3.78. The molecule has 0 aliphatic carbocycles. The first-order valence-corrected chi connectivity index (χ1v) is 14.0. The van der Waals surface area contributed by atoms with Crippen molar-refractivity contribution in [2.75, 3.05) is 39.1 Å². The van der Waals surface area contributed by atoms with Crippen LogP contribution in [0.15, 0.2) is 41.6 Å². The fraction of sp³-hybridized carbons (Fsp3) is 0.433. The molecule has 228 valence electrons. The second-order valence-electron chi connectivity index (χ2n) is 11.3. The van der Waals surface area contributed by atoms with Gasteiger partial charge in [-0.1, -0.05) is 17.3 Å². The number of benzene rings is 1. The minimum Gasteiger partial charge on any atom is -0.481 e. The number of nitrogen functional groups attached to an aromatic ring is 1. The number of oxime groups is 1. The maximum absolute atomic E-state index is 14.5. The molecule has 0 saturated carbocycles. The fourth-order valence-corrected chi connectivity index (χ4v) is 5.08. The number of hydrogen-bond donors (Lipinski definition) is 2. The van der Waals surface area contributed by atoms with Crippen LogP contribution in [0.1, 0.15) is 49.3 Å². The van der Waals surface area contributed by atoms with Gasteiger partial charge < -0.3 is 35.0 Å². The van der Waals surface area contributed by atoms with Gasteiger partial charge >= 0.3 is 6.09 Å². The van der Waals surface area contributed by atoms with E-state index in [9.17, 15) is 9.18 Å².